The third kappa shape index (κ3) is 2.04. The van der Waals surface area contributed by atoms with Gasteiger partial charge in [-0.2, -0.15) is 0 Å². The van der Waals surface area contributed by atoms with Gasteiger partial charge in [-0.15, -0.1) is 0 Å². The van der Waals surface area contributed by atoms with Gasteiger partial charge in [0.25, 0.3) is 0 Å². The van der Waals surface area contributed by atoms with Crippen LogP contribution in [-0.2, 0) is 0 Å². The van der Waals surface area contributed by atoms with E-state index in [1.807, 2.05) is 30.5 Å². The molecule has 3 heterocycles. The van der Waals surface area contributed by atoms with E-state index in [0.717, 1.165) is 26.7 Å². The van der Waals surface area contributed by atoms with Crippen molar-refractivity contribution in [3.05, 3.63) is 42.9 Å². The van der Waals surface area contributed by atoms with E-state index < -0.39 is 0 Å². The molecule has 3 aromatic heterocycles. The summed E-state index contributed by atoms with van der Waals surface area (Å²) >= 11 is 1.61. The first-order chi connectivity index (χ1) is 8.86. The van der Waals surface area contributed by atoms with Crippen LogP contribution in [0.4, 0.5) is 0 Å². The first-order valence-corrected chi connectivity index (χ1v) is 6.28. The van der Waals surface area contributed by atoms with Gasteiger partial charge in [0.05, 0.1) is 13.3 Å². The summed E-state index contributed by atoms with van der Waals surface area (Å²) in [5.41, 5.74) is 0.856. The molecule has 0 spiro atoms. The number of aromatic nitrogens is 3. The summed E-state index contributed by atoms with van der Waals surface area (Å²) in [4.78, 5) is 12.8. The number of hydrogen-bond donors (Lipinski definition) is 1. The molecule has 0 aliphatic rings. The highest BCUT2D eigenvalue weighted by Crippen LogP contribution is 2.33. The number of pyridine rings is 2. The highest BCUT2D eigenvalue weighted by Gasteiger charge is 2.08. The summed E-state index contributed by atoms with van der Waals surface area (Å²) in [5, 5.41) is 2.01. The van der Waals surface area contributed by atoms with Gasteiger partial charge in [0, 0.05) is 22.7 Å². The second kappa shape index (κ2) is 4.70. The van der Waals surface area contributed by atoms with Crippen molar-refractivity contribution >= 4 is 22.8 Å². The fraction of sp³-hybridized carbons (Fsp3) is 0.0769. The molecule has 0 aliphatic heterocycles. The van der Waals surface area contributed by atoms with Crippen molar-refractivity contribution in [3.8, 4) is 5.75 Å². The summed E-state index contributed by atoms with van der Waals surface area (Å²) in [6.45, 7) is 0. The van der Waals surface area contributed by atoms with Crippen LogP contribution in [0.25, 0.3) is 11.0 Å². The lowest BCUT2D eigenvalue weighted by Crippen LogP contribution is -1.84. The van der Waals surface area contributed by atoms with E-state index in [1.54, 1.807) is 31.3 Å². The van der Waals surface area contributed by atoms with Gasteiger partial charge in [0.2, 0.25) is 0 Å². The average Bonchev–Trinajstić information content (AvgIpc) is 2.82. The van der Waals surface area contributed by atoms with Crippen molar-refractivity contribution in [1.82, 2.24) is 15.0 Å². The zero-order valence-electron chi connectivity index (χ0n) is 9.75. The van der Waals surface area contributed by atoms with Crippen molar-refractivity contribution in [2.75, 3.05) is 7.11 Å². The highest BCUT2D eigenvalue weighted by molar-refractivity contribution is 7.99. The fourth-order valence-corrected chi connectivity index (χ4v) is 2.55. The standard InChI is InChI=1S/C13H11N3OS/c1-17-9-6-10-11(8-16-13(10)15-7-9)18-12-4-2-3-5-14-12/h2-8H,1H3,(H,15,16). The first-order valence-electron chi connectivity index (χ1n) is 5.47. The summed E-state index contributed by atoms with van der Waals surface area (Å²) < 4.78 is 5.20. The Bertz CT molecular complexity index is 666. The van der Waals surface area contributed by atoms with Gasteiger partial charge >= 0.3 is 0 Å². The van der Waals surface area contributed by atoms with E-state index in [0.29, 0.717) is 0 Å². The zero-order chi connectivity index (χ0) is 12.4. The molecule has 3 rings (SSSR count). The summed E-state index contributed by atoms with van der Waals surface area (Å²) in [5.74, 6) is 0.755. The lowest BCUT2D eigenvalue weighted by molar-refractivity contribution is 0.413. The molecule has 18 heavy (non-hydrogen) atoms. The molecular weight excluding hydrogens is 246 g/mol. The van der Waals surface area contributed by atoms with E-state index >= 15 is 0 Å². The van der Waals surface area contributed by atoms with E-state index in [1.165, 1.54) is 0 Å². The zero-order valence-corrected chi connectivity index (χ0v) is 10.6. The molecule has 0 bridgehead atoms. The number of nitrogens with one attached hydrogen (secondary N) is 1. The van der Waals surface area contributed by atoms with E-state index in [4.69, 9.17) is 4.74 Å². The van der Waals surface area contributed by atoms with Crippen molar-refractivity contribution < 1.29 is 4.74 Å². The smallest absolute Gasteiger partial charge is 0.138 e. The molecule has 4 nitrogen and oxygen atoms in total. The molecule has 0 radical (unpaired) electrons. The molecular formula is C13H11N3OS. The van der Waals surface area contributed by atoms with Gasteiger partial charge in [0.1, 0.15) is 16.4 Å². The summed E-state index contributed by atoms with van der Waals surface area (Å²) in [6, 6.07) is 7.84. The molecule has 0 saturated carbocycles. The maximum Gasteiger partial charge on any atom is 0.138 e. The Morgan fingerprint density at radius 1 is 1.28 bits per heavy atom. The van der Waals surface area contributed by atoms with Gasteiger partial charge in [-0.25, -0.2) is 9.97 Å². The van der Waals surface area contributed by atoms with E-state index in [9.17, 15) is 0 Å². The largest absolute Gasteiger partial charge is 0.495 e. The lowest BCUT2D eigenvalue weighted by Gasteiger charge is -2.00. The fourth-order valence-electron chi connectivity index (χ4n) is 1.68. The molecule has 0 amide bonds. The molecule has 0 atom stereocenters. The molecule has 0 aliphatic carbocycles. The molecule has 5 heteroatoms. The van der Waals surface area contributed by atoms with Crippen LogP contribution in [0.1, 0.15) is 0 Å². The SMILES string of the molecule is COc1cnc2[nH]cc(Sc3ccccn3)c2c1. The topological polar surface area (TPSA) is 50.8 Å². The maximum atomic E-state index is 5.20. The predicted octanol–water partition coefficient (Wildman–Crippen LogP) is 3.12. The van der Waals surface area contributed by atoms with Crippen LogP contribution < -0.4 is 4.74 Å². The first kappa shape index (κ1) is 11.1. The minimum absolute atomic E-state index is 0.755. The maximum absolute atomic E-state index is 5.20. The number of aromatic amines is 1. The molecule has 0 fully saturated rings. The van der Waals surface area contributed by atoms with Gasteiger partial charge in [-0.1, -0.05) is 17.8 Å². The van der Waals surface area contributed by atoms with Crippen molar-refractivity contribution in [1.29, 1.82) is 0 Å². The van der Waals surface area contributed by atoms with Gasteiger partial charge in [-0.3, -0.25) is 0 Å². The van der Waals surface area contributed by atoms with Crippen LogP contribution in [0.15, 0.2) is 52.8 Å². The highest BCUT2D eigenvalue weighted by atomic mass is 32.2. The summed E-state index contributed by atoms with van der Waals surface area (Å²) in [6.07, 6.45) is 5.43. The number of methoxy groups -OCH3 is 1. The van der Waals surface area contributed by atoms with Crippen LogP contribution in [0.2, 0.25) is 0 Å². The van der Waals surface area contributed by atoms with E-state index in [2.05, 4.69) is 15.0 Å². The van der Waals surface area contributed by atoms with Crippen LogP contribution in [0.3, 0.4) is 0 Å². The van der Waals surface area contributed by atoms with Gasteiger partial charge < -0.3 is 9.72 Å². The number of hydrogen-bond acceptors (Lipinski definition) is 4. The Morgan fingerprint density at radius 2 is 2.22 bits per heavy atom. The van der Waals surface area contributed by atoms with Crippen molar-refractivity contribution in [2.45, 2.75) is 9.92 Å². The van der Waals surface area contributed by atoms with Crippen molar-refractivity contribution in [2.24, 2.45) is 0 Å². The molecule has 90 valence electrons. The lowest BCUT2D eigenvalue weighted by atomic mass is 10.3. The minimum Gasteiger partial charge on any atom is -0.495 e. The number of nitrogens with zero attached hydrogens (tertiary/aromatic N) is 2. The third-order valence-corrected chi connectivity index (χ3v) is 3.56. The average molecular weight is 257 g/mol. The minimum atomic E-state index is 0.755. The predicted molar refractivity (Wildman–Crippen MR) is 71.0 cm³/mol. The number of ether oxygens (including phenoxy) is 1. The Labute approximate surface area is 108 Å². The Hall–Kier alpha value is -2.01. The number of H-pyrrole nitrogens is 1. The molecule has 1 N–H and O–H groups in total. The second-order valence-corrected chi connectivity index (χ2v) is 4.76. The third-order valence-electron chi connectivity index (χ3n) is 2.56. The number of fused-ring (bicyclic) bond motifs is 1. The Balaban J connectivity index is 2.01. The van der Waals surface area contributed by atoms with Crippen LogP contribution in [0, 0.1) is 0 Å². The molecule has 3 aromatic rings. The van der Waals surface area contributed by atoms with Crippen LogP contribution >= 0.6 is 11.8 Å². The van der Waals surface area contributed by atoms with Crippen molar-refractivity contribution in [3.63, 3.8) is 0 Å². The molecule has 0 aromatic carbocycles. The molecule has 0 saturated heterocycles. The number of rotatable bonds is 3. The van der Waals surface area contributed by atoms with Crippen LogP contribution in [-0.4, -0.2) is 22.1 Å². The normalized spacial score (nSPS) is 10.7. The monoisotopic (exact) mass is 257 g/mol. The Kier molecular flexibility index (Phi) is 2.90. The summed E-state index contributed by atoms with van der Waals surface area (Å²) in [7, 11) is 1.64. The molecule has 0 unspecified atom stereocenters. The van der Waals surface area contributed by atoms with Crippen LogP contribution in [0.5, 0.6) is 5.75 Å². The Morgan fingerprint density at radius 3 is 3.00 bits per heavy atom. The second-order valence-electron chi connectivity index (χ2n) is 3.69. The quantitative estimate of drug-likeness (QED) is 0.783. The van der Waals surface area contributed by atoms with Gasteiger partial charge in [0.15, 0.2) is 0 Å². The van der Waals surface area contributed by atoms with E-state index in [-0.39, 0.29) is 0 Å². The van der Waals surface area contributed by atoms with Gasteiger partial charge in [-0.05, 0) is 18.2 Å².